The number of hydrogen-bond donors (Lipinski definition) is 0. The molecule has 2 aliphatic rings. The number of piperazine rings is 1. The van der Waals surface area contributed by atoms with E-state index in [1.54, 1.807) is 18.2 Å². The molecule has 0 N–H and O–H groups in total. The van der Waals surface area contributed by atoms with Crippen LogP contribution in [0.4, 0.5) is 5.69 Å². The van der Waals surface area contributed by atoms with Gasteiger partial charge in [-0.2, -0.15) is 0 Å². The van der Waals surface area contributed by atoms with Crippen LogP contribution in [0.2, 0.25) is 0 Å². The lowest BCUT2D eigenvalue weighted by molar-refractivity contribution is 0.0746. The lowest BCUT2D eigenvalue weighted by atomic mass is 10.1. The summed E-state index contributed by atoms with van der Waals surface area (Å²) in [6.07, 6.45) is 10.2. The number of aryl methyl sites for hydroxylation is 1. The third-order valence-corrected chi connectivity index (χ3v) is 8.88. The van der Waals surface area contributed by atoms with E-state index >= 15 is 0 Å². The first kappa shape index (κ1) is 25.2. The maximum absolute atomic E-state index is 13.3. The zero-order valence-electron chi connectivity index (χ0n) is 21.3. The van der Waals surface area contributed by atoms with Crippen molar-refractivity contribution in [1.82, 2.24) is 9.88 Å². The second kappa shape index (κ2) is 10.9. The van der Waals surface area contributed by atoms with E-state index in [1.807, 2.05) is 41.4 Å². The number of unbranched alkanes of at least 4 members (excludes halogenated alkanes) is 1. The van der Waals surface area contributed by atoms with E-state index in [0.29, 0.717) is 18.7 Å². The van der Waals surface area contributed by atoms with Crippen LogP contribution in [0.3, 0.4) is 0 Å². The summed E-state index contributed by atoms with van der Waals surface area (Å²) in [6, 6.07) is 16.3. The number of sulfone groups is 1. The number of carbonyl (C=O) groups excluding carboxylic acids is 1. The van der Waals surface area contributed by atoms with Crippen molar-refractivity contribution >= 4 is 27.5 Å². The van der Waals surface area contributed by atoms with Gasteiger partial charge in [0, 0.05) is 55.6 Å². The number of pyridine rings is 1. The number of carbonyl (C=O) groups is 1. The zero-order valence-corrected chi connectivity index (χ0v) is 22.1. The number of nitrogens with zero attached hydrogens (tertiary/aromatic N) is 3. The Labute approximate surface area is 219 Å². The lowest BCUT2D eigenvalue weighted by Crippen LogP contribution is -2.49. The van der Waals surface area contributed by atoms with Gasteiger partial charge in [-0.3, -0.25) is 9.78 Å². The molecule has 1 amide bonds. The van der Waals surface area contributed by atoms with Crippen molar-refractivity contribution in [2.45, 2.75) is 43.3 Å². The van der Waals surface area contributed by atoms with Gasteiger partial charge in [-0.05, 0) is 48.2 Å². The van der Waals surface area contributed by atoms with Crippen molar-refractivity contribution in [3.05, 3.63) is 94.8 Å². The first-order valence-electron chi connectivity index (χ1n) is 13.0. The number of aromatic nitrogens is 1. The quantitative estimate of drug-likeness (QED) is 0.426. The Balaban J connectivity index is 1.24. The highest BCUT2D eigenvalue weighted by atomic mass is 32.2. The number of amides is 1. The Morgan fingerprint density at radius 2 is 1.73 bits per heavy atom. The zero-order chi connectivity index (χ0) is 25.8. The number of allylic oxidation sites excluding steroid dienone is 1. The molecular formula is C30H33N3O3S. The average Bonchev–Trinajstić information content (AvgIpc) is 3.42. The summed E-state index contributed by atoms with van der Waals surface area (Å²) in [5.41, 5.74) is 5.83. The van der Waals surface area contributed by atoms with Crippen LogP contribution in [-0.2, 0) is 28.4 Å². The van der Waals surface area contributed by atoms with Gasteiger partial charge in [0.2, 0.25) is 0 Å². The van der Waals surface area contributed by atoms with Gasteiger partial charge in [-0.25, -0.2) is 8.42 Å². The number of hydrogen-bond acceptors (Lipinski definition) is 5. The molecule has 2 heterocycles. The smallest absolute Gasteiger partial charge is 0.254 e. The van der Waals surface area contributed by atoms with Crippen molar-refractivity contribution in [2.24, 2.45) is 0 Å². The summed E-state index contributed by atoms with van der Waals surface area (Å²) in [6.45, 7) is 4.78. The van der Waals surface area contributed by atoms with Gasteiger partial charge < -0.3 is 9.80 Å². The van der Waals surface area contributed by atoms with Gasteiger partial charge in [0.05, 0.1) is 16.3 Å². The minimum absolute atomic E-state index is 0.0813. The molecule has 0 unspecified atom stereocenters. The van der Waals surface area contributed by atoms with E-state index in [-0.39, 0.29) is 16.6 Å². The largest absolute Gasteiger partial charge is 0.367 e. The molecule has 0 radical (unpaired) electrons. The predicted octanol–water partition coefficient (Wildman–Crippen LogP) is 4.93. The maximum Gasteiger partial charge on any atom is 0.254 e. The molecular weight excluding hydrogens is 482 g/mol. The summed E-state index contributed by atoms with van der Waals surface area (Å²) in [5, 5.41) is 0. The first-order chi connectivity index (χ1) is 17.9. The van der Waals surface area contributed by atoms with Crippen molar-refractivity contribution in [3.8, 4) is 0 Å². The second-order valence-corrected chi connectivity index (χ2v) is 11.8. The van der Waals surface area contributed by atoms with Crippen LogP contribution in [0.25, 0.3) is 6.08 Å². The summed E-state index contributed by atoms with van der Waals surface area (Å²) in [7, 11) is -3.57. The highest BCUT2D eigenvalue weighted by molar-refractivity contribution is 7.90. The molecule has 1 aliphatic carbocycles. The highest BCUT2D eigenvalue weighted by Gasteiger charge is 2.26. The number of fused-ring (bicyclic) bond motifs is 1. The molecule has 0 atom stereocenters. The molecule has 2 aromatic carbocycles. The van der Waals surface area contributed by atoms with Crippen LogP contribution < -0.4 is 4.90 Å². The number of benzene rings is 2. The van der Waals surface area contributed by atoms with Gasteiger partial charge in [-0.15, -0.1) is 0 Å². The van der Waals surface area contributed by atoms with Gasteiger partial charge in [0.15, 0.2) is 9.84 Å². The van der Waals surface area contributed by atoms with E-state index in [2.05, 4.69) is 29.0 Å². The molecule has 6 nitrogen and oxygen atoms in total. The summed E-state index contributed by atoms with van der Waals surface area (Å²) >= 11 is 0. The standard InChI is InChI=1S/C30H33N3O3S/c1-2-3-6-23-11-13-24(14-12-23)22-37(35,36)26-8-4-7-25(21-26)30(34)33-19-17-32(18-20-33)29-15-16-31-28-10-5-9-27(28)29/h4-5,7-9,11-16,21H,2-3,6,10,17-20,22H2,1H3. The van der Waals surface area contributed by atoms with Crippen molar-refractivity contribution in [3.63, 3.8) is 0 Å². The molecule has 1 fully saturated rings. The summed E-state index contributed by atoms with van der Waals surface area (Å²) in [5.74, 6) is -0.209. The van der Waals surface area contributed by atoms with Crippen molar-refractivity contribution in [2.75, 3.05) is 31.1 Å². The molecule has 0 bridgehead atoms. The number of anilines is 1. The van der Waals surface area contributed by atoms with E-state index < -0.39 is 9.84 Å². The molecule has 1 saturated heterocycles. The van der Waals surface area contributed by atoms with Crippen LogP contribution in [0, 0.1) is 0 Å². The van der Waals surface area contributed by atoms with Crippen molar-refractivity contribution in [1.29, 1.82) is 0 Å². The Morgan fingerprint density at radius 1 is 0.973 bits per heavy atom. The Hall–Kier alpha value is -3.45. The SMILES string of the molecule is CCCCc1ccc(CS(=O)(=O)c2cccc(C(=O)N3CCN(c4ccnc5c4C=CC5)CC3)c2)cc1. The monoisotopic (exact) mass is 515 g/mol. The topological polar surface area (TPSA) is 70.6 Å². The van der Waals surface area contributed by atoms with E-state index in [1.165, 1.54) is 17.2 Å². The van der Waals surface area contributed by atoms with E-state index in [4.69, 9.17) is 0 Å². The first-order valence-corrected chi connectivity index (χ1v) is 14.7. The second-order valence-electron chi connectivity index (χ2n) is 9.78. The minimum Gasteiger partial charge on any atom is -0.367 e. The number of rotatable bonds is 8. The Kier molecular flexibility index (Phi) is 7.42. The van der Waals surface area contributed by atoms with Crippen molar-refractivity contribution < 1.29 is 13.2 Å². The maximum atomic E-state index is 13.3. The molecule has 0 saturated carbocycles. The molecule has 192 valence electrons. The molecule has 1 aromatic heterocycles. The molecule has 3 aromatic rings. The summed E-state index contributed by atoms with van der Waals surface area (Å²) < 4.78 is 26.3. The van der Waals surface area contributed by atoms with Crippen LogP contribution >= 0.6 is 0 Å². The third kappa shape index (κ3) is 5.62. The van der Waals surface area contributed by atoms with Crippen LogP contribution in [0.15, 0.2) is 71.8 Å². The van der Waals surface area contributed by atoms with Gasteiger partial charge in [0.1, 0.15) is 0 Å². The fraction of sp³-hybridized carbons (Fsp3) is 0.333. The molecule has 5 rings (SSSR count). The van der Waals surface area contributed by atoms with E-state index in [9.17, 15) is 13.2 Å². The minimum atomic E-state index is -3.57. The Morgan fingerprint density at radius 3 is 2.49 bits per heavy atom. The average molecular weight is 516 g/mol. The highest BCUT2D eigenvalue weighted by Crippen LogP contribution is 2.29. The molecule has 37 heavy (non-hydrogen) atoms. The Bertz CT molecular complexity index is 1410. The van der Waals surface area contributed by atoms with E-state index in [0.717, 1.165) is 55.7 Å². The third-order valence-electron chi connectivity index (χ3n) is 7.19. The van der Waals surface area contributed by atoms with Crippen LogP contribution in [0.1, 0.15) is 52.5 Å². The van der Waals surface area contributed by atoms with Gasteiger partial charge in [-0.1, -0.05) is 55.8 Å². The predicted molar refractivity (Wildman–Crippen MR) is 147 cm³/mol. The van der Waals surface area contributed by atoms with Crippen LogP contribution in [-0.4, -0.2) is 50.4 Å². The lowest BCUT2D eigenvalue weighted by Gasteiger charge is -2.36. The fourth-order valence-electron chi connectivity index (χ4n) is 5.05. The fourth-order valence-corrected chi connectivity index (χ4v) is 6.45. The molecule has 1 aliphatic heterocycles. The van der Waals surface area contributed by atoms with Gasteiger partial charge >= 0.3 is 0 Å². The van der Waals surface area contributed by atoms with Gasteiger partial charge in [0.25, 0.3) is 5.91 Å². The molecule has 0 spiro atoms. The normalized spacial score (nSPS) is 15.2. The van der Waals surface area contributed by atoms with Crippen LogP contribution in [0.5, 0.6) is 0 Å². The molecule has 7 heteroatoms. The summed E-state index contributed by atoms with van der Waals surface area (Å²) in [4.78, 5) is 22.0.